The van der Waals surface area contributed by atoms with E-state index in [1.54, 1.807) is 0 Å². The highest BCUT2D eigenvalue weighted by atomic mass is 16.3. The van der Waals surface area contributed by atoms with Gasteiger partial charge in [0.05, 0.1) is 22.1 Å². The largest absolute Gasteiger partial charge is 0.455 e. The van der Waals surface area contributed by atoms with Crippen molar-refractivity contribution < 1.29 is 13.9 Å². The fraction of sp³-hybridized carbons (Fsp3) is 0.0476. The number of aryl methyl sites for hydroxylation is 1. The quantitative estimate of drug-likeness (QED) is 0.216. The Bertz CT molecular complexity index is 2860. The van der Waals surface area contributed by atoms with Crippen molar-refractivity contribution in [2.75, 3.05) is 7.11 Å². The van der Waals surface area contributed by atoms with E-state index in [0.29, 0.717) is 0 Å². The average molecular weight is 596 g/mol. The predicted molar refractivity (Wildman–Crippen MR) is 193 cm³/mol. The molecule has 0 fully saturated rings. The smallest absolute Gasteiger partial charge is 0.159 e. The van der Waals surface area contributed by atoms with E-state index in [2.05, 4.69) is 121 Å². The maximum atomic E-state index is 7.01. The number of benzene rings is 7. The minimum absolute atomic E-state index is 0.874. The van der Waals surface area contributed by atoms with Crippen molar-refractivity contribution in [3.8, 4) is 5.69 Å². The van der Waals surface area contributed by atoms with E-state index in [-0.39, 0.29) is 0 Å². The van der Waals surface area contributed by atoms with E-state index in [4.69, 9.17) is 13.9 Å². The molecule has 0 radical (unpaired) electrons. The third-order valence-corrected chi connectivity index (χ3v) is 9.48. The summed E-state index contributed by atoms with van der Waals surface area (Å²) in [5.74, 6) is 0. The molecule has 1 N–H and O–H groups in total. The summed E-state index contributed by atoms with van der Waals surface area (Å²) in [6.45, 7) is 6.26. The summed E-state index contributed by atoms with van der Waals surface area (Å²) >= 11 is 0. The van der Waals surface area contributed by atoms with E-state index < -0.39 is 0 Å². The highest BCUT2D eigenvalue weighted by Gasteiger charge is 2.26. The first-order valence-corrected chi connectivity index (χ1v) is 15.4. The number of nitrogens with zero attached hydrogens (tertiary/aromatic N) is 1. The molecule has 0 saturated carbocycles. The van der Waals surface area contributed by atoms with Gasteiger partial charge in [-0.25, -0.2) is 0 Å². The van der Waals surface area contributed by atoms with Crippen LogP contribution >= 0.6 is 0 Å². The van der Waals surface area contributed by atoms with Gasteiger partial charge in [-0.1, -0.05) is 110 Å². The summed E-state index contributed by atoms with van der Waals surface area (Å²) in [7, 11) is 1.00. The van der Waals surface area contributed by atoms with Crippen molar-refractivity contribution in [1.29, 1.82) is 0 Å². The molecule has 0 aliphatic carbocycles. The second-order valence-corrected chi connectivity index (χ2v) is 11.7. The van der Waals surface area contributed by atoms with Gasteiger partial charge in [0.2, 0.25) is 0 Å². The second-order valence-electron chi connectivity index (χ2n) is 11.7. The maximum absolute atomic E-state index is 7.01. The van der Waals surface area contributed by atoms with Gasteiger partial charge in [0.15, 0.2) is 5.58 Å². The Kier molecular flexibility index (Phi) is 5.67. The van der Waals surface area contributed by atoms with Crippen LogP contribution in [0.15, 0.2) is 131 Å². The number of aliphatic hydroxyl groups excluding tert-OH is 1. The number of hydrogen-bond donors (Lipinski definition) is 1. The van der Waals surface area contributed by atoms with E-state index in [1.165, 1.54) is 21.5 Å². The number of aliphatic hydroxyl groups is 1. The lowest BCUT2D eigenvalue weighted by molar-refractivity contribution is 0.399. The second kappa shape index (κ2) is 9.83. The third-order valence-electron chi connectivity index (χ3n) is 9.48. The van der Waals surface area contributed by atoms with Crippen molar-refractivity contribution in [3.63, 3.8) is 0 Å². The molecule has 0 spiro atoms. The molecule has 0 amide bonds. The van der Waals surface area contributed by atoms with Crippen molar-refractivity contribution in [1.82, 2.24) is 4.57 Å². The molecule has 0 aliphatic heterocycles. The van der Waals surface area contributed by atoms with Crippen LogP contribution in [0.3, 0.4) is 0 Å². The maximum Gasteiger partial charge on any atom is 0.159 e. The number of rotatable bonds is 2. The lowest BCUT2D eigenvalue weighted by Gasteiger charge is -2.11. The highest BCUT2D eigenvalue weighted by Crippen LogP contribution is 2.49. The summed E-state index contributed by atoms with van der Waals surface area (Å²) in [4.78, 5) is 0. The summed E-state index contributed by atoms with van der Waals surface area (Å²) in [6, 6.07) is 41.0. The van der Waals surface area contributed by atoms with Gasteiger partial charge < -0.3 is 18.5 Å². The molecule has 0 unspecified atom stereocenters. The number of hydrogen-bond acceptors (Lipinski definition) is 3. The standard InChI is InChI=1S/C41H25NO2.CH4O/c1-3-25-23(2)19-21-31-35-28-14-6-7-15-29(28)38-37(41(35)44-39(25)31)36-26-12-5-4-11-24(26)20-22-32(36)42(38)33-17-10-16-30-27-13-8-9-18-34(27)43-40(30)33;1-2/h3-22H,1H2,2H3;2H,1H3. The molecule has 46 heavy (non-hydrogen) atoms. The van der Waals surface area contributed by atoms with Crippen LogP contribution in [-0.4, -0.2) is 16.8 Å². The SMILES string of the molecule is C=Cc1c(C)ccc2c1oc1c2c2ccccc2c2c1c1c3ccccc3ccc1n2-c1cccc2c1oc1ccccc12.CO. The van der Waals surface area contributed by atoms with Gasteiger partial charge in [-0.05, 0) is 46.8 Å². The summed E-state index contributed by atoms with van der Waals surface area (Å²) < 4.78 is 16.0. The van der Waals surface area contributed by atoms with E-state index >= 15 is 0 Å². The first kappa shape index (κ1) is 26.6. The molecule has 0 aliphatic rings. The zero-order valence-corrected chi connectivity index (χ0v) is 25.5. The van der Waals surface area contributed by atoms with Crippen LogP contribution in [-0.2, 0) is 0 Å². The Morgan fingerprint density at radius 1 is 0.565 bits per heavy atom. The molecule has 4 nitrogen and oxygen atoms in total. The monoisotopic (exact) mass is 595 g/mol. The number of aromatic nitrogens is 1. The molecular weight excluding hydrogens is 566 g/mol. The Hall–Kier alpha value is -5.84. The lowest BCUT2D eigenvalue weighted by Crippen LogP contribution is -1.95. The van der Waals surface area contributed by atoms with E-state index in [9.17, 15) is 0 Å². The van der Waals surface area contributed by atoms with Gasteiger partial charge in [0.1, 0.15) is 16.7 Å². The van der Waals surface area contributed by atoms with Gasteiger partial charge in [0.25, 0.3) is 0 Å². The van der Waals surface area contributed by atoms with Crippen LogP contribution in [0.1, 0.15) is 11.1 Å². The zero-order valence-electron chi connectivity index (χ0n) is 25.5. The first-order chi connectivity index (χ1) is 22.7. The van der Waals surface area contributed by atoms with Crippen LogP contribution in [0, 0.1) is 6.92 Å². The molecule has 3 heterocycles. The third kappa shape index (κ3) is 3.36. The summed E-state index contributed by atoms with van der Waals surface area (Å²) in [5.41, 5.74) is 8.98. The van der Waals surface area contributed by atoms with Gasteiger partial charge in [0, 0.05) is 45.0 Å². The molecular formula is C42H29NO3. The number of para-hydroxylation sites is 2. The predicted octanol–water partition coefficient (Wildman–Crippen LogP) is 11.4. The van der Waals surface area contributed by atoms with Gasteiger partial charge in [-0.2, -0.15) is 0 Å². The number of furan rings is 2. The van der Waals surface area contributed by atoms with Gasteiger partial charge in [-0.15, -0.1) is 0 Å². The fourth-order valence-electron chi connectivity index (χ4n) is 7.58. The van der Waals surface area contributed by atoms with E-state index in [1.807, 2.05) is 18.2 Å². The molecule has 4 heteroatoms. The summed E-state index contributed by atoms with van der Waals surface area (Å²) in [5, 5.41) is 18.5. The lowest BCUT2D eigenvalue weighted by atomic mass is 9.96. The van der Waals surface area contributed by atoms with Gasteiger partial charge in [-0.3, -0.25) is 0 Å². The molecule has 0 atom stereocenters. The van der Waals surface area contributed by atoms with Gasteiger partial charge >= 0.3 is 0 Å². The van der Waals surface area contributed by atoms with Crippen LogP contribution < -0.4 is 0 Å². The Labute approximate surface area is 264 Å². The summed E-state index contributed by atoms with van der Waals surface area (Å²) in [6.07, 6.45) is 1.92. The molecule has 0 bridgehead atoms. The molecule has 3 aromatic heterocycles. The van der Waals surface area contributed by atoms with E-state index in [0.717, 1.165) is 89.6 Å². The fourth-order valence-corrected chi connectivity index (χ4v) is 7.58. The van der Waals surface area contributed by atoms with Crippen LogP contribution in [0.25, 0.3) is 99.0 Å². The average Bonchev–Trinajstić information content (AvgIpc) is 3.79. The molecule has 7 aromatic carbocycles. The molecule has 10 rings (SSSR count). The first-order valence-electron chi connectivity index (χ1n) is 15.4. The Morgan fingerprint density at radius 2 is 1.28 bits per heavy atom. The molecule has 220 valence electrons. The zero-order chi connectivity index (χ0) is 31.1. The van der Waals surface area contributed by atoms with Crippen LogP contribution in [0.2, 0.25) is 0 Å². The topological polar surface area (TPSA) is 51.4 Å². The van der Waals surface area contributed by atoms with Crippen molar-refractivity contribution in [2.24, 2.45) is 0 Å². The normalized spacial score (nSPS) is 11.9. The minimum atomic E-state index is 0.874. The Balaban J connectivity index is 0.00000143. The Morgan fingerprint density at radius 3 is 2.11 bits per heavy atom. The minimum Gasteiger partial charge on any atom is -0.455 e. The molecule has 0 saturated heterocycles. The van der Waals surface area contributed by atoms with Crippen molar-refractivity contribution >= 4 is 93.3 Å². The molecule has 10 aromatic rings. The van der Waals surface area contributed by atoms with Crippen molar-refractivity contribution in [3.05, 3.63) is 133 Å². The highest BCUT2D eigenvalue weighted by molar-refractivity contribution is 6.38. The van der Waals surface area contributed by atoms with Crippen molar-refractivity contribution in [2.45, 2.75) is 6.92 Å². The number of fused-ring (bicyclic) bond motifs is 15. The van der Waals surface area contributed by atoms with Crippen LogP contribution in [0.4, 0.5) is 0 Å². The van der Waals surface area contributed by atoms with Crippen LogP contribution in [0.5, 0.6) is 0 Å².